The molecule has 3 heteroatoms. The standard InChI is InChI=1S/C13H13FN2/c14-11-4-2-1-3-10(11)12-7-9-5-6-15-8-13(9)16-12/h1-4,7,15-16H,5-6,8H2. The van der Waals surface area contributed by atoms with E-state index < -0.39 is 0 Å². The minimum absolute atomic E-state index is 0.172. The summed E-state index contributed by atoms with van der Waals surface area (Å²) in [7, 11) is 0. The molecule has 0 atom stereocenters. The zero-order chi connectivity index (χ0) is 11.0. The third-order valence-corrected chi connectivity index (χ3v) is 3.03. The predicted octanol–water partition coefficient (Wildman–Crippen LogP) is 2.47. The topological polar surface area (TPSA) is 27.8 Å². The average molecular weight is 216 g/mol. The number of benzene rings is 1. The van der Waals surface area contributed by atoms with Gasteiger partial charge in [-0.3, -0.25) is 0 Å². The zero-order valence-corrected chi connectivity index (χ0v) is 8.89. The second kappa shape index (κ2) is 3.76. The van der Waals surface area contributed by atoms with Crippen LogP contribution in [0.25, 0.3) is 11.3 Å². The van der Waals surface area contributed by atoms with E-state index in [-0.39, 0.29) is 5.82 Å². The summed E-state index contributed by atoms with van der Waals surface area (Å²) < 4.78 is 13.6. The molecule has 2 nitrogen and oxygen atoms in total. The Balaban J connectivity index is 2.07. The summed E-state index contributed by atoms with van der Waals surface area (Å²) in [5, 5.41) is 3.30. The Morgan fingerprint density at radius 1 is 1.19 bits per heavy atom. The SMILES string of the molecule is Fc1ccccc1-c1cc2c([nH]1)CNCC2. The molecule has 2 N–H and O–H groups in total. The van der Waals surface area contributed by atoms with Gasteiger partial charge in [0, 0.05) is 23.5 Å². The van der Waals surface area contributed by atoms with E-state index in [9.17, 15) is 4.39 Å². The molecular formula is C13H13FN2. The van der Waals surface area contributed by atoms with Crippen LogP contribution in [0.2, 0.25) is 0 Å². The molecule has 0 radical (unpaired) electrons. The van der Waals surface area contributed by atoms with Crippen molar-refractivity contribution in [2.45, 2.75) is 13.0 Å². The number of hydrogen-bond acceptors (Lipinski definition) is 1. The first-order valence-electron chi connectivity index (χ1n) is 5.51. The summed E-state index contributed by atoms with van der Waals surface area (Å²) >= 11 is 0. The number of nitrogens with one attached hydrogen (secondary N) is 2. The fraction of sp³-hybridized carbons (Fsp3) is 0.231. The molecule has 1 aromatic carbocycles. The van der Waals surface area contributed by atoms with Crippen LogP contribution in [0.4, 0.5) is 4.39 Å². The molecule has 1 aliphatic rings. The van der Waals surface area contributed by atoms with Crippen LogP contribution in [-0.4, -0.2) is 11.5 Å². The van der Waals surface area contributed by atoms with Crippen molar-refractivity contribution < 1.29 is 4.39 Å². The largest absolute Gasteiger partial charge is 0.357 e. The van der Waals surface area contributed by atoms with Crippen molar-refractivity contribution in [3.63, 3.8) is 0 Å². The van der Waals surface area contributed by atoms with Gasteiger partial charge in [0.2, 0.25) is 0 Å². The van der Waals surface area contributed by atoms with Gasteiger partial charge in [-0.1, -0.05) is 12.1 Å². The van der Waals surface area contributed by atoms with Crippen molar-refractivity contribution in [2.24, 2.45) is 0 Å². The second-order valence-corrected chi connectivity index (χ2v) is 4.09. The summed E-state index contributed by atoms with van der Waals surface area (Å²) in [6.45, 7) is 1.85. The molecule has 0 saturated carbocycles. The number of hydrogen-bond donors (Lipinski definition) is 2. The summed E-state index contributed by atoms with van der Waals surface area (Å²) in [5.74, 6) is -0.172. The van der Waals surface area contributed by atoms with E-state index in [1.165, 1.54) is 17.3 Å². The molecule has 0 saturated heterocycles. The van der Waals surface area contributed by atoms with E-state index in [0.29, 0.717) is 5.56 Å². The minimum Gasteiger partial charge on any atom is -0.357 e. The van der Waals surface area contributed by atoms with Crippen molar-refractivity contribution in [3.8, 4) is 11.3 Å². The van der Waals surface area contributed by atoms with E-state index in [0.717, 1.165) is 25.2 Å². The van der Waals surface area contributed by atoms with Crippen molar-refractivity contribution in [1.82, 2.24) is 10.3 Å². The lowest BCUT2D eigenvalue weighted by Crippen LogP contribution is -2.22. The Bertz CT molecular complexity index is 493. The van der Waals surface area contributed by atoms with Gasteiger partial charge in [0.25, 0.3) is 0 Å². The molecule has 1 aliphatic heterocycles. The Labute approximate surface area is 93.5 Å². The quantitative estimate of drug-likeness (QED) is 0.753. The highest BCUT2D eigenvalue weighted by Gasteiger charge is 2.14. The van der Waals surface area contributed by atoms with Crippen molar-refractivity contribution in [3.05, 3.63) is 47.4 Å². The molecule has 0 unspecified atom stereocenters. The van der Waals surface area contributed by atoms with Gasteiger partial charge in [0.15, 0.2) is 0 Å². The Hall–Kier alpha value is -1.61. The molecule has 0 amide bonds. The van der Waals surface area contributed by atoms with Gasteiger partial charge >= 0.3 is 0 Å². The summed E-state index contributed by atoms with van der Waals surface area (Å²) in [6, 6.07) is 8.93. The molecule has 0 spiro atoms. The van der Waals surface area contributed by atoms with Gasteiger partial charge in [-0.05, 0) is 36.7 Å². The Morgan fingerprint density at radius 2 is 2.06 bits per heavy atom. The lowest BCUT2D eigenvalue weighted by molar-refractivity contribution is 0.629. The lowest BCUT2D eigenvalue weighted by Gasteiger charge is -2.11. The minimum atomic E-state index is -0.172. The van der Waals surface area contributed by atoms with Gasteiger partial charge in [0.1, 0.15) is 5.82 Å². The molecule has 0 bridgehead atoms. The van der Waals surface area contributed by atoms with E-state index in [2.05, 4.69) is 16.4 Å². The third kappa shape index (κ3) is 1.53. The van der Waals surface area contributed by atoms with Crippen LogP contribution in [-0.2, 0) is 13.0 Å². The summed E-state index contributed by atoms with van der Waals surface area (Å²) in [6.07, 6.45) is 1.01. The molecule has 1 aromatic heterocycles. The molecule has 3 rings (SSSR count). The van der Waals surface area contributed by atoms with E-state index in [1.807, 2.05) is 6.07 Å². The molecule has 82 valence electrons. The van der Waals surface area contributed by atoms with Crippen LogP contribution >= 0.6 is 0 Å². The number of fused-ring (bicyclic) bond motifs is 1. The number of halogens is 1. The van der Waals surface area contributed by atoms with Crippen LogP contribution in [0.5, 0.6) is 0 Å². The predicted molar refractivity (Wildman–Crippen MR) is 61.6 cm³/mol. The van der Waals surface area contributed by atoms with Crippen LogP contribution in [0.3, 0.4) is 0 Å². The van der Waals surface area contributed by atoms with Gasteiger partial charge in [0.05, 0.1) is 0 Å². The third-order valence-electron chi connectivity index (χ3n) is 3.03. The first-order valence-corrected chi connectivity index (χ1v) is 5.51. The molecular weight excluding hydrogens is 203 g/mol. The lowest BCUT2D eigenvalue weighted by atomic mass is 10.1. The number of rotatable bonds is 1. The van der Waals surface area contributed by atoms with Gasteiger partial charge in [-0.25, -0.2) is 4.39 Å². The van der Waals surface area contributed by atoms with Gasteiger partial charge < -0.3 is 10.3 Å². The van der Waals surface area contributed by atoms with Crippen LogP contribution < -0.4 is 5.32 Å². The smallest absolute Gasteiger partial charge is 0.132 e. The Kier molecular flexibility index (Phi) is 2.26. The second-order valence-electron chi connectivity index (χ2n) is 4.09. The van der Waals surface area contributed by atoms with E-state index in [4.69, 9.17) is 0 Å². The zero-order valence-electron chi connectivity index (χ0n) is 8.89. The van der Waals surface area contributed by atoms with Crippen LogP contribution in [0.1, 0.15) is 11.3 Å². The van der Waals surface area contributed by atoms with Crippen molar-refractivity contribution in [2.75, 3.05) is 6.54 Å². The molecule has 2 heterocycles. The fourth-order valence-corrected chi connectivity index (χ4v) is 2.18. The maximum atomic E-state index is 13.6. The molecule has 16 heavy (non-hydrogen) atoms. The van der Waals surface area contributed by atoms with Gasteiger partial charge in [-0.2, -0.15) is 0 Å². The van der Waals surface area contributed by atoms with Crippen LogP contribution in [0, 0.1) is 5.82 Å². The van der Waals surface area contributed by atoms with Crippen LogP contribution in [0.15, 0.2) is 30.3 Å². The maximum absolute atomic E-state index is 13.6. The summed E-state index contributed by atoms with van der Waals surface area (Å²) in [5.41, 5.74) is 4.02. The number of aromatic nitrogens is 1. The number of aromatic amines is 1. The Morgan fingerprint density at radius 3 is 2.88 bits per heavy atom. The number of H-pyrrole nitrogens is 1. The molecule has 2 aromatic rings. The highest BCUT2D eigenvalue weighted by Crippen LogP contribution is 2.25. The van der Waals surface area contributed by atoms with Crippen molar-refractivity contribution in [1.29, 1.82) is 0 Å². The summed E-state index contributed by atoms with van der Waals surface area (Å²) in [4.78, 5) is 3.29. The van der Waals surface area contributed by atoms with Crippen molar-refractivity contribution >= 4 is 0 Å². The monoisotopic (exact) mass is 216 g/mol. The highest BCUT2D eigenvalue weighted by molar-refractivity contribution is 5.62. The molecule has 0 fully saturated rings. The van der Waals surface area contributed by atoms with Gasteiger partial charge in [-0.15, -0.1) is 0 Å². The maximum Gasteiger partial charge on any atom is 0.132 e. The van der Waals surface area contributed by atoms with E-state index >= 15 is 0 Å². The first kappa shape index (κ1) is 9.60. The highest BCUT2D eigenvalue weighted by atomic mass is 19.1. The normalized spacial score (nSPS) is 14.8. The fourth-order valence-electron chi connectivity index (χ4n) is 2.18. The average Bonchev–Trinajstić information content (AvgIpc) is 2.73. The first-order chi connectivity index (χ1) is 7.84. The molecule has 0 aliphatic carbocycles. The van der Waals surface area contributed by atoms with E-state index in [1.54, 1.807) is 12.1 Å².